The zero-order valence-corrected chi connectivity index (χ0v) is 19.6. The van der Waals surface area contributed by atoms with E-state index in [2.05, 4.69) is 10.3 Å². The molecule has 0 unspecified atom stereocenters. The molecule has 7 nitrogen and oxygen atoms in total. The Hall–Kier alpha value is -4.30. The van der Waals surface area contributed by atoms with Gasteiger partial charge in [0.25, 0.3) is 11.8 Å². The maximum Gasteiger partial charge on any atom is 0.337 e. The minimum absolute atomic E-state index is 0.212. The number of anilines is 1. The fraction of sp³-hybridized carbons (Fsp3) is 0.111. The first-order chi connectivity index (χ1) is 17.0. The number of methoxy groups -OCH3 is 1. The van der Waals surface area contributed by atoms with Crippen molar-refractivity contribution in [1.82, 2.24) is 9.88 Å². The number of rotatable bonds is 6. The molecule has 3 aromatic carbocycles. The molecule has 35 heavy (non-hydrogen) atoms. The number of hydrogen-bond acceptors (Lipinski definition) is 6. The molecular formula is C27H21N3O4S. The van der Waals surface area contributed by atoms with Crippen LogP contribution >= 0.6 is 11.3 Å². The molecule has 1 aliphatic rings. The number of carbonyl (C=O) groups is 3. The van der Waals surface area contributed by atoms with Gasteiger partial charge in [0.15, 0.2) is 5.13 Å². The highest BCUT2D eigenvalue weighted by atomic mass is 32.1. The molecule has 4 aromatic rings. The second-order valence-electron chi connectivity index (χ2n) is 8.01. The first-order valence-corrected chi connectivity index (χ1v) is 11.8. The summed E-state index contributed by atoms with van der Waals surface area (Å²) in [6.45, 7) is 0.320. The van der Waals surface area contributed by atoms with Gasteiger partial charge in [-0.3, -0.25) is 14.9 Å². The molecule has 0 fully saturated rings. The second-order valence-corrected chi connectivity index (χ2v) is 8.91. The van der Waals surface area contributed by atoms with E-state index in [4.69, 9.17) is 4.74 Å². The Morgan fingerprint density at radius 3 is 2.46 bits per heavy atom. The Kier molecular flexibility index (Phi) is 6.12. The number of nitrogens with one attached hydrogen (secondary N) is 1. The zero-order valence-electron chi connectivity index (χ0n) is 18.8. The normalized spacial score (nSPS) is 13.3. The van der Waals surface area contributed by atoms with E-state index < -0.39 is 12.0 Å². The highest BCUT2D eigenvalue weighted by Crippen LogP contribution is 2.35. The van der Waals surface area contributed by atoms with E-state index in [1.807, 2.05) is 60.7 Å². The Morgan fingerprint density at radius 2 is 1.77 bits per heavy atom. The summed E-state index contributed by atoms with van der Waals surface area (Å²) in [5.74, 6) is -0.929. The first kappa shape index (κ1) is 22.5. The molecule has 0 bridgehead atoms. The second kappa shape index (κ2) is 9.52. The van der Waals surface area contributed by atoms with Crippen LogP contribution in [0.2, 0.25) is 0 Å². The van der Waals surface area contributed by atoms with Crippen molar-refractivity contribution in [2.24, 2.45) is 0 Å². The summed E-state index contributed by atoms with van der Waals surface area (Å²) in [7, 11) is 1.34. The topological polar surface area (TPSA) is 88.6 Å². The van der Waals surface area contributed by atoms with Gasteiger partial charge in [0.05, 0.1) is 12.7 Å². The predicted molar refractivity (Wildman–Crippen MR) is 133 cm³/mol. The molecule has 5 rings (SSSR count). The Labute approximate surface area is 206 Å². The number of esters is 1. The van der Waals surface area contributed by atoms with Gasteiger partial charge in [-0.1, -0.05) is 54.6 Å². The van der Waals surface area contributed by atoms with Crippen molar-refractivity contribution in [1.29, 1.82) is 0 Å². The quantitative estimate of drug-likeness (QED) is 0.393. The molecule has 0 saturated carbocycles. The molecule has 0 spiro atoms. The summed E-state index contributed by atoms with van der Waals surface area (Å²) >= 11 is 1.32. The standard InChI is InChI=1S/C27H21N3O4S/c1-34-26(33)19-9-7-17(8-10-19)20-11-12-21-16-30(25(32)22(21)15-20)23(18-5-3-2-4-6-18)24(31)29-27-28-13-14-35-27/h2-15,23H,16H2,1H3,(H,28,29,31)/t23-/m1/s1. The van der Waals surface area contributed by atoms with Crippen molar-refractivity contribution < 1.29 is 19.1 Å². The van der Waals surface area contributed by atoms with E-state index in [0.717, 1.165) is 22.3 Å². The van der Waals surface area contributed by atoms with Crippen molar-refractivity contribution in [2.75, 3.05) is 12.4 Å². The Bertz CT molecular complexity index is 1390. The summed E-state index contributed by atoms with van der Waals surface area (Å²) in [6, 6.07) is 21.2. The van der Waals surface area contributed by atoms with Gasteiger partial charge in [0.1, 0.15) is 6.04 Å². The molecule has 2 heterocycles. The van der Waals surface area contributed by atoms with Crippen LogP contribution in [-0.2, 0) is 16.1 Å². The minimum Gasteiger partial charge on any atom is -0.465 e. The number of carbonyl (C=O) groups excluding carboxylic acids is 3. The van der Waals surface area contributed by atoms with E-state index in [9.17, 15) is 14.4 Å². The van der Waals surface area contributed by atoms with Crippen LogP contribution in [0.25, 0.3) is 11.1 Å². The van der Waals surface area contributed by atoms with Gasteiger partial charge in [-0.25, -0.2) is 9.78 Å². The third-order valence-electron chi connectivity index (χ3n) is 5.92. The smallest absolute Gasteiger partial charge is 0.337 e. The van der Waals surface area contributed by atoms with Crippen LogP contribution in [0, 0.1) is 0 Å². The number of fused-ring (bicyclic) bond motifs is 1. The third-order valence-corrected chi connectivity index (χ3v) is 6.61. The molecule has 1 atom stereocenters. The van der Waals surface area contributed by atoms with Crippen LogP contribution in [0.1, 0.15) is 37.9 Å². The summed E-state index contributed by atoms with van der Waals surface area (Å²) in [5.41, 5.74) is 4.31. The Balaban J connectivity index is 1.45. The van der Waals surface area contributed by atoms with Gasteiger partial charge in [-0.15, -0.1) is 11.3 Å². The average molecular weight is 484 g/mol. The van der Waals surface area contributed by atoms with E-state index in [-0.39, 0.29) is 11.8 Å². The lowest BCUT2D eigenvalue weighted by Gasteiger charge is -2.27. The van der Waals surface area contributed by atoms with Crippen LogP contribution in [0.3, 0.4) is 0 Å². The van der Waals surface area contributed by atoms with Crippen molar-refractivity contribution >= 4 is 34.3 Å². The number of hydrogen-bond donors (Lipinski definition) is 1. The fourth-order valence-electron chi connectivity index (χ4n) is 4.20. The monoisotopic (exact) mass is 483 g/mol. The lowest BCUT2D eigenvalue weighted by atomic mass is 9.99. The fourth-order valence-corrected chi connectivity index (χ4v) is 4.73. The van der Waals surface area contributed by atoms with E-state index in [1.54, 1.807) is 28.6 Å². The molecule has 8 heteroatoms. The number of ether oxygens (including phenoxy) is 1. The van der Waals surface area contributed by atoms with Gasteiger partial charge >= 0.3 is 5.97 Å². The lowest BCUT2D eigenvalue weighted by molar-refractivity contribution is -0.120. The van der Waals surface area contributed by atoms with Crippen molar-refractivity contribution in [3.8, 4) is 11.1 Å². The molecule has 0 saturated heterocycles. The van der Waals surface area contributed by atoms with E-state index in [1.165, 1.54) is 18.4 Å². The Morgan fingerprint density at radius 1 is 1.03 bits per heavy atom. The number of thiazole rings is 1. The highest BCUT2D eigenvalue weighted by molar-refractivity contribution is 7.13. The van der Waals surface area contributed by atoms with Gasteiger partial charge in [-0.05, 0) is 40.5 Å². The van der Waals surface area contributed by atoms with Crippen molar-refractivity contribution in [2.45, 2.75) is 12.6 Å². The number of benzene rings is 3. The number of nitrogens with zero attached hydrogens (tertiary/aromatic N) is 2. The van der Waals surface area contributed by atoms with Crippen molar-refractivity contribution in [3.63, 3.8) is 0 Å². The van der Waals surface area contributed by atoms with Crippen LogP contribution in [0.5, 0.6) is 0 Å². The molecule has 1 aliphatic heterocycles. The van der Waals surface area contributed by atoms with E-state index >= 15 is 0 Å². The average Bonchev–Trinajstić information content (AvgIpc) is 3.52. The minimum atomic E-state index is -0.803. The predicted octanol–water partition coefficient (Wildman–Crippen LogP) is 4.93. The lowest BCUT2D eigenvalue weighted by Crippen LogP contribution is -2.37. The van der Waals surface area contributed by atoms with Gasteiger partial charge in [0.2, 0.25) is 0 Å². The molecule has 2 amide bonds. The zero-order chi connectivity index (χ0) is 24.4. The van der Waals surface area contributed by atoms with Crippen LogP contribution < -0.4 is 5.32 Å². The van der Waals surface area contributed by atoms with Crippen LogP contribution in [0.15, 0.2) is 84.4 Å². The van der Waals surface area contributed by atoms with Gasteiger partial charge in [-0.2, -0.15) is 0 Å². The van der Waals surface area contributed by atoms with E-state index in [0.29, 0.717) is 22.8 Å². The highest BCUT2D eigenvalue weighted by Gasteiger charge is 2.37. The van der Waals surface area contributed by atoms with Crippen LogP contribution in [-0.4, -0.2) is 34.8 Å². The molecule has 174 valence electrons. The number of aromatic nitrogens is 1. The maximum absolute atomic E-state index is 13.6. The SMILES string of the molecule is COC(=O)c1ccc(-c2ccc3c(c2)C(=O)N([C@@H](C(=O)Nc2nccs2)c2ccccc2)C3)cc1. The molecule has 1 aromatic heterocycles. The molecular weight excluding hydrogens is 462 g/mol. The summed E-state index contributed by atoms with van der Waals surface area (Å²) in [4.78, 5) is 44.3. The maximum atomic E-state index is 13.6. The van der Waals surface area contributed by atoms with Crippen molar-refractivity contribution in [3.05, 3.63) is 107 Å². The molecule has 0 radical (unpaired) electrons. The summed E-state index contributed by atoms with van der Waals surface area (Å²) in [6.07, 6.45) is 1.62. The van der Waals surface area contributed by atoms with Gasteiger partial charge in [0, 0.05) is 23.7 Å². The first-order valence-electron chi connectivity index (χ1n) is 10.9. The van der Waals surface area contributed by atoms with Gasteiger partial charge < -0.3 is 9.64 Å². The molecule has 0 aliphatic carbocycles. The third kappa shape index (κ3) is 4.43. The summed E-state index contributed by atoms with van der Waals surface area (Å²) in [5, 5.41) is 5.10. The molecule has 1 N–H and O–H groups in total. The largest absolute Gasteiger partial charge is 0.465 e. The van der Waals surface area contributed by atoms with Crippen LogP contribution in [0.4, 0.5) is 5.13 Å². The summed E-state index contributed by atoms with van der Waals surface area (Å²) < 4.78 is 4.75. The number of amides is 2.